The molecule has 124 valence electrons. The highest BCUT2D eigenvalue weighted by Crippen LogP contribution is 2.33. The number of rotatable bonds is 6. The molecule has 1 heterocycles. The summed E-state index contributed by atoms with van der Waals surface area (Å²) in [5.41, 5.74) is 0.221. The minimum absolute atomic E-state index is 0.0992. The predicted molar refractivity (Wildman–Crippen MR) is 90.5 cm³/mol. The topological polar surface area (TPSA) is 54.7 Å². The van der Waals surface area contributed by atoms with Crippen molar-refractivity contribution in [3.63, 3.8) is 0 Å². The molecular weight excluding hydrogens is 339 g/mol. The summed E-state index contributed by atoms with van der Waals surface area (Å²) in [5.74, 6) is 0.670. The molecule has 1 N–H and O–H groups in total. The first-order valence-corrected chi connectivity index (χ1v) is 7.71. The number of carbonyl (C=O) groups excluding carboxylic acids is 1. The van der Waals surface area contributed by atoms with E-state index in [0.717, 1.165) is 5.76 Å². The van der Waals surface area contributed by atoms with Gasteiger partial charge in [-0.2, -0.15) is 0 Å². The van der Waals surface area contributed by atoms with Crippen molar-refractivity contribution in [3.05, 3.63) is 51.9 Å². The average molecular weight is 357 g/mol. The molecule has 5 nitrogen and oxygen atoms in total. The second kappa shape index (κ2) is 7.73. The van der Waals surface area contributed by atoms with E-state index >= 15 is 0 Å². The molecule has 23 heavy (non-hydrogen) atoms. The summed E-state index contributed by atoms with van der Waals surface area (Å²) in [5, 5.41) is 3.46. The van der Waals surface area contributed by atoms with E-state index < -0.39 is 0 Å². The Bertz CT molecular complexity index is 672. The van der Waals surface area contributed by atoms with Crippen LogP contribution in [0.5, 0.6) is 5.75 Å². The van der Waals surface area contributed by atoms with Gasteiger partial charge in [-0.1, -0.05) is 23.2 Å². The molecule has 1 atom stereocenters. The zero-order valence-corrected chi connectivity index (χ0v) is 14.6. The minimum atomic E-state index is -0.354. The number of ether oxygens (including phenoxy) is 1. The van der Waals surface area contributed by atoms with Crippen LogP contribution in [0.2, 0.25) is 10.0 Å². The van der Waals surface area contributed by atoms with Crippen molar-refractivity contribution in [2.45, 2.75) is 6.04 Å². The number of hydrogen-bond acceptors (Lipinski definition) is 4. The third-order valence-corrected chi connectivity index (χ3v) is 4.05. The fourth-order valence-corrected chi connectivity index (χ4v) is 2.71. The van der Waals surface area contributed by atoms with Gasteiger partial charge in [0, 0.05) is 6.54 Å². The number of halogens is 2. The molecule has 1 aromatic heterocycles. The maximum absolute atomic E-state index is 12.5. The maximum atomic E-state index is 12.5. The molecule has 0 aliphatic carbocycles. The van der Waals surface area contributed by atoms with Crippen LogP contribution in [-0.2, 0) is 0 Å². The summed E-state index contributed by atoms with van der Waals surface area (Å²) in [6.45, 7) is 0.353. The van der Waals surface area contributed by atoms with E-state index in [1.54, 1.807) is 18.4 Å². The fraction of sp³-hybridized carbons (Fsp3) is 0.312. The molecular formula is C16H18Cl2N2O3. The molecule has 0 radical (unpaired) electrons. The first-order chi connectivity index (χ1) is 11.0. The normalized spacial score (nSPS) is 12.3. The zero-order valence-electron chi connectivity index (χ0n) is 13.1. The van der Waals surface area contributed by atoms with Crippen molar-refractivity contribution in [1.82, 2.24) is 10.2 Å². The van der Waals surface area contributed by atoms with Crippen LogP contribution in [0.25, 0.3) is 0 Å². The van der Waals surface area contributed by atoms with Crippen LogP contribution in [0.15, 0.2) is 34.9 Å². The van der Waals surface area contributed by atoms with Crippen molar-refractivity contribution < 1.29 is 13.9 Å². The number of methoxy groups -OCH3 is 1. The van der Waals surface area contributed by atoms with Crippen molar-refractivity contribution in [2.24, 2.45) is 0 Å². The Kier molecular flexibility index (Phi) is 5.93. The third-order valence-electron chi connectivity index (χ3n) is 3.44. The largest absolute Gasteiger partial charge is 0.494 e. The molecule has 2 aromatic rings. The highest BCUT2D eigenvalue weighted by molar-refractivity contribution is 6.37. The lowest BCUT2D eigenvalue weighted by atomic mass is 10.1. The molecule has 0 spiro atoms. The second-order valence-corrected chi connectivity index (χ2v) is 5.96. The van der Waals surface area contributed by atoms with Crippen LogP contribution in [0.1, 0.15) is 22.2 Å². The predicted octanol–water partition coefficient (Wildman–Crippen LogP) is 3.63. The van der Waals surface area contributed by atoms with Crippen molar-refractivity contribution in [3.8, 4) is 5.75 Å². The van der Waals surface area contributed by atoms with Crippen LogP contribution >= 0.6 is 23.2 Å². The van der Waals surface area contributed by atoms with E-state index in [1.165, 1.54) is 7.11 Å². The Morgan fingerprint density at radius 1 is 1.30 bits per heavy atom. The smallest absolute Gasteiger partial charge is 0.256 e. The van der Waals surface area contributed by atoms with E-state index in [9.17, 15) is 4.79 Å². The van der Waals surface area contributed by atoms with Gasteiger partial charge in [-0.25, -0.2) is 0 Å². The summed E-state index contributed by atoms with van der Waals surface area (Å²) in [4.78, 5) is 14.5. The molecule has 1 aromatic carbocycles. The number of hydrogen-bond donors (Lipinski definition) is 1. The first-order valence-electron chi connectivity index (χ1n) is 6.95. The number of benzene rings is 1. The number of nitrogens with zero attached hydrogens (tertiary/aromatic N) is 1. The van der Waals surface area contributed by atoms with E-state index in [2.05, 4.69) is 5.32 Å². The summed E-state index contributed by atoms with van der Waals surface area (Å²) in [7, 11) is 5.26. The van der Waals surface area contributed by atoms with E-state index in [4.69, 9.17) is 32.4 Å². The van der Waals surface area contributed by atoms with Gasteiger partial charge in [-0.3, -0.25) is 9.69 Å². The Morgan fingerprint density at radius 2 is 2.00 bits per heavy atom. The summed E-state index contributed by atoms with van der Waals surface area (Å²) < 4.78 is 10.6. The van der Waals surface area contributed by atoms with Gasteiger partial charge in [-0.15, -0.1) is 0 Å². The first kappa shape index (κ1) is 17.7. The van der Waals surface area contributed by atoms with E-state index in [1.807, 2.05) is 31.1 Å². The Labute approximate surface area is 145 Å². The van der Waals surface area contributed by atoms with Crippen molar-refractivity contribution >= 4 is 29.1 Å². The fourth-order valence-electron chi connectivity index (χ4n) is 2.24. The van der Waals surface area contributed by atoms with Crippen LogP contribution in [0, 0.1) is 0 Å². The van der Waals surface area contributed by atoms with E-state index in [0.29, 0.717) is 11.6 Å². The molecule has 0 saturated carbocycles. The van der Waals surface area contributed by atoms with Crippen molar-refractivity contribution in [2.75, 3.05) is 27.7 Å². The quantitative estimate of drug-likeness (QED) is 0.858. The third kappa shape index (κ3) is 3.99. The Morgan fingerprint density at radius 3 is 2.57 bits per heavy atom. The average Bonchev–Trinajstić information content (AvgIpc) is 3.02. The zero-order chi connectivity index (χ0) is 17.0. The summed E-state index contributed by atoms with van der Waals surface area (Å²) in [6.07, 6.45) is 1.60. The summed E-state index contributed by atoms with van der Waals surface area (Å²) >= 11 is 12.2. The number of nitrogens with one attached hydrogen (secondary N) is 1. The monoisotopic (exact) mass is 356 g/mol. The highest BCUT2D eigenvalue weighted by Gasteiger charge is 2.22. The Hall–Kier alpha value is -1.69. The van der Waals surface area contributed by atoms with Gasteiger partial charge in [-0.05, 0) is 38.4 Å². The second-order valence-electron chi connectivity index (χ2n) is 5.14. The van der Waals surface area contributed by atoms with Gasteiger partial charge in [0.05, 0.1) is 29.5 Å². The van der Waals surface area contributed by atoms with Gasteiger partial charge >= 0.3 is 0 Å². The van der Waals surface area contributed by atoms with E-state index in [-0.39, 0.29) is 28.3 Å². The lowest BCUT2D eigenvalue weighted by molar-refractivity contribution is 0.0936. The number of carbonyl (C=O) groups is 1. The summed E-state index contributed by atoms with van der Waals surface area (Å²) in [6, 6.07) is 6.73. The molecule has 0 saturated heterocycles. The highest BCUT2D eigenvalue weighted by atomic mass is 35.5. The number of likely N-dealkylation sites (N-methyl/N-ethyl adjacent to an activating group) is 1. The van der Waals surface area contributed by atoms with Crippen LogP contribution in [-0.4, -0.2) is 38.6 Å². The van der Waals surface area contributed by atoms with Gasteiger partial charge in [0.15, 0.2) is 5.75 Å². The SMILES string of the molecule is COc1c(Cl)ccc(Cl)c1C(=O)NCC(c1ccco1)N(C)C. The number of amides is 1. The molecule has 1 amide bonds. The van der Waals surface area contributed by atoms with Crippen LogP contribution in [0.3, 0.4) is 0 Å². The minimum Gasteiger partial charge on any atom is -0.494 e. The lowest BCUT2D eigenvalue weighted by Crippen LogP contribution is -2.34. The van der Waals surface area contributed by atoms with Gasteiger partial charge in [0.25, 0.3) is 5.91 Å². The van der Waals surface area contributed by atoms with Crippen LogP contribution in [0.4, 0.5) is 0 Å². The van der Waals surface area contributed by atoms with Crippen LogP contribution < -0.4 is 10.1 Å². The van der Waals surface area contributed by atoms with Crippen molar-refractivity contribution in [1.29, 1.82) is 0 Å². The molecule has 0 aliphatic heterocycles. The molecule has 7 heteroatoms. The molecule has 1 unspecified atom stereocenters. The van der Waals surface area contributed by atoms with Gasteiger partial charge in [0.1, 0.15) is 11.3 Å². The number of furan rings is 1. The molecule has 0 fully saturated rings. The maximum Gasteiger partial charge on any atom is 0.256 e. The Balaban J connectivity index is 2.18. The molecule has 2 rings (SSSR count). The standard InChI is InChI=1S/C16H18Cl2N2O3/c1-20(2)12(13-5-4-8-23-13)9-19-16(21)14-10(17)6-7-11(18)15(14)22-3/h4-8,12H,9H2,1-3H3,(H,19,21). The van der Waals surface area contributed by atoms with Gasteiger partial charge in [0.2, 0.25) is 0 Å². The van der Waals surface area contributed by atoms with Gasteiger partial charge < -0.3 is 14.5 Å². The molecule has 0 bridgehead atoms. The lowest BCUT2D eigenvalue weighted by Gasteiger charge is -2.23. The molecule has 0 aliphatic rings.